The fourth-order valence-electron chi connectivity index (χ4n) is 5.43. The lowest BCUT2D eigenvalue weighted by Gasteiger charge is -2.42. The molecule has 0 bridgehead atoms. The molecule has 1 spiro atoms. The Morgan fingerprint density at radius 1 is 1.14 bits per heavy atom. The average Bonchev–Trinajstić information content (AvgIpc) is 3.57. The highest BCUT2D eigenvalue weighted by Crippen LogP contribution is 2.41. The van der Waals surface area contributed by atoms with Crippen molar-refractivity contribution in [3.63, 3.8) is 0 Å². The zero-order valence-corrected chi connectivity index (χ0v) is 21.5. The molecule has 1 atom stereocenters. The van der Waals surface area contributed by atoms with Crippen LogP contribution in [0.15, 0.2) is 29.4 Å². The van der Waals surface area contributed by atoms with Crippen molar-refractivity contribution in [2.45, 2.75) is 83.4 Å². The Morgan fingerprint density at radius 2 is 1.89 bits per heavy atom. The first-order chi connectivity index (χ1) is 17.7. The number of rotatable bonds is 7. The van der Waals surface area contributed by atoms with Crippen LogP contribution in [-0.2, 0) is 4.74 Å². The molecule has 1 aromatic heterocycles. The smallest absolute Gasteiger partial charge is 0.428 e. The number of benzene rings is 1. The molecule has 2 saturated carbocycles. The molecule has 10 heteroatoms. The van der Waals surface area contributed by atoms with Crippen LogP contribution >= 0.6 is 0 Å². The first-order valence-corrected chi connectivity index (χ1v) is 13.0. The molecule has 1 aromatic carbocycles. The van der Waals surface area contributed by atoms with Crippen molar-refractivity contribution in [3.05, 3.63) is 52.3 Å². The van der Waals surface area contributed by atoms with Gasteiger partial charge in [-0.3, -0.25) is 14.7 Å². The van der Waals surface area contributed by atoms with Crippen molar-refractivity contribution in [3.8, 4) is 0 Å². The first-order valence-electron chi connectivity index (χ1n) is 13.0. The van der Waals surface area contributed by atoms with E-state index in [0.29, 0.717) is 41.8 Å². The number of carbonyl (C=O) groups is 3. The minimum absolute atomic E-state index is 0.0103. The highest BCUT2D eigenvalue weighted by atomic mass is 16.6. The van der Waals surface area contributed by atoms with E-state index in [9.17, 15) is 14.4 Å². The number of H-pyrrole nitrogens is 1. The van der Waals surface area contributed by atoms with Gasteiger partial charge in [-0.1, -0.05) is 6.07 Å². The number of ether oxygens (including phenoxy) is 1. The van der Waals surface area contributed by atoms with Gasteiger partial charge < -0.3 is 15.4 Å². The van der Waals surface area contributed by atoms with E-state index in [1.54, 1.807) is 6.07 Å². The number of nitrogens with one attached hydrogen (secondary N) is 4. The predicted octanol–water partition coefficient (Wildman–Crippen LogP) is 3.50. The Bertz CT molecular complexity index is 1240. The van der Waals surface area contributed by atoms with E-state index >= 15 is 0 Å². The van der Waals surface area contributed by atoms with Crippen molar-refractivity contribution in [2.75, 3.05) is 0 Å². The van der Waals surface area contributed by atoms with Crippen molar-refractivity contribution < 1.29 is 19.1 Å². The summed E-state index contributed by atoms with van der Waals surface area (Å²) in [5.41, 5.74) is 6.01. The van der Waals surface area contributed by atoms with Gasteiger partial charge in [0.1, 0.15) is 11.4 Å². The van der Waals surface area contributed by atoms with Gasteiger partial charge in [0.25, 0.3) is 11.8 Å². The summed E-state index contributed by atoms with van der Waals surface area (Å²) >= 11 is 0. The molecule has 2 heterocycles. The van der Waals surface area contributed by atoms with E-state index in [4.69, 9.17) is 4.74 Å². The van der Waals surface area contributed by atoms with Gasteiger partial charge in [-0.25, -0.2) is 10.2 Å². The monoisotopic (exact) mass is 506 g/mol. The maximum absolute atomic E-state index is 12.5. The molecule has 0 saturated heterocycles. The van der Waals surface area contributed by atoms with Crippen LogP contribution in [0, 0.1) is 19.8 Å². The summed E-state index contributed by atoms with van der Waals surface area (Å²) in [6.45, 7) is 5.81. The van der Waals surface area contributed by atoms with Gasteiger partial charge >= 0.3 is 6.09 Å². The van der Waals surface area contributed by atoms with E-state index < -0.39 is 11.7 Å². The standard InChI is InChI=1S/C27H34N6O4/c1-15-12-19(24(34)29-20-5-6-20)4-7-21(15)23-27(37-26(36)33-32-23)10-8-18(9-11-27)13-16(2)28-25(35)22-14-17(3)30-31-22/h4,7,12,14,16,18,20H,5-6,8-11,13H2,1-3H3,(H,28,35)(H,29,34)(H,30,31)(H,33,36)/t16-,18?,27?/m0/s1. The summed E-state index contributed by atoms with van der Waals surface area (Å²) in [4.78, 5) is 37.2. The number of hydrogen-bond acceptors (Lipinski definition) is 6. The van der Waals surface area contributed by atoms with Gasteiger partial charge in [0.05, 0.1) is 0 Å². The van der Waals surface area contributed by atoms with E-state index in [1.165, 1.54) is 0 Å². The molecular formula is C27H34N6O4. The van der Waals surface area contributed by atoms with Crippen LogP contribution in [0.4, 0.5) is 4.79 Å². The third-order valence-corrected chi connectivity index (χ3v) is 7.55. The molecule has 3 amide bonds. The van der Waals surface area contributed by atoms with Crippen LogP contribution in [0.2, 0.25) is 0 Å². The van der Waals surface area contributed by atoms with E-state index in [1.807, 2.05) is 39.0 Å². The zero-order valence-electron chi connectivity index (χ0n) is 21.5. The lowest BCUT2D eigenvalue weighted by atomic mass is 9.72. The Hall–Kier alpha value is -3.69. The van der Waals surface area contributed by atoms with Gasteiger partial charge in [0.2, 0.25) is 0 Å². The van der Waals surface area contributed by atoms with Crippen LogP contribution < -0.4 is 16.1 Å². The Kier molecular flexibility index (Phi) is 6.74. The fourth-order valence-corrected chi connectivity index (χ4v) is 5.43. The molecule has 2 aliphatic carbocycles. The number of carbonyl (C=O) groups excluding carboxylic acids is 3. The quantitative estimate of drug-likeness (QED) is 0.455. The molecule has 2 aromatic rings. The van der Waals surface area contributed by atoms with Gasteiger partial charge in [-0.2, -0.15) is 10.2 Å². The van der Waals surface area contributed by atoms with Gasteiger partial charge in [0, 0.05) is 28.9 Å². The molecule has 4 N–H and O–H groups in total. The molecule has 0 unspecified atom stereocenters. The molecule has 196 valence electrons. The largest absolute Gasteiger partial charge is 0.435 e. The number of hydrogen-bond donors (Lipinski definition) is 4. The van der Waals surface area contributed by atoms with Crippen LogP contribution in [0.25, 0.3) is 0 Å². The van der Waals surface area contributed by atoms with Gasteiger partial charge in [-0.05, 0) is 95.4 Å². The molecule has 0 radical (unpaired) electrons. The SMILES string of the molecule is Cc1cc(C(=O)N[C@@H](C)CC2CCC3(CC2)OC(=O)NN=C3c2ccc(C(=O)NC3CC3)cc2C)n[nH]1. The second kappa shape index (κ2) is 9.99. The van der Waals surface area contributed by atoms with Crippen LogP contribution in [-0.4, -0.2) is 51.5 Å². The van der Waals surface area contributed by atoms with Gasteiger partial charge in [-0.15, -0.1) is 0 Å². The van der Waals surface area contributed by atoms with Crippen molar-refractivity contribution >= 4 is 23.6 Å². The highest BCUT2D eigenvalue weighted by molar-refractivity contribution is 6.10. The second-order valence-corrected chi connectivity index (χ2v) is 10.7. The van der Waals surface area contributed by atoms with Crippen LogP contribution in [0.1, 0.15) is 89.5 Å². The molecule has 5 rings (SSSR count). The van der Waals surface area contributed by atoms with Crippen LogP contribution in [0.5, 0.6) is 0 Å². The highest BCUT2D eigenvalue weighted by Gasteiger charge is 2.46. The lowest BCUT2D eigenvalue weighted by molar-refractivity contribution is 0.0154. The lowest BCUT2D eigenvalue weighted by Crippen LogP contribution is -2.52. The fraction of sp³-hybridized carbons (Fsp3) is 0.519. The second-order valence-electron chi connectivity index (χ2n) is 10.7. The summed E-state index contributed by atoms with van der Waals surface area (Å²) in [6, 6.07) is 7.60. The maximum Gasteiger partial charge on any atom is 0.428 e. The topological polar surface area (TPSA) is 138 Å². The minimum atomic E-state index is -0.805. The molecule has 3 aliphatic rings. The normalized spacial score (nSPS) is 24.0. The Morgan fingerprint density at radius 3 is 2.54 bits per heavy atom. The molecule has 10 nitrogen and oxygen atoms in total. The van der Waals surface area contributed by atoms with E-state index in [2.05, 4.69) is 31.4 Å². The Balaban J connectivity index is 1.24. The number of aromatic nitrogens is 2. The maximum atomic E-state index is 12.5. The van der Waals surface area contributed by atoms with Crippen molar-refractivity contribution in [1.82, 2.24) is 26.3 Å². The Labute approximate surface area is 216 Å². The molecule has 37 heavy (non-hydrogen) atoms. The predicted molar refractivity (Wildman–Crippen MR) is 137 cm³/mol. The van der Waals surface area contributed by atoms with Crippen LogP contribution in [0.3, 0.4) is 0 Å². The summed E-state index contributed by atoms with van der Waals surface area (Å²) in [5.74, 6) is 0.132. The third-order valence-electron chi connectivity index (χ3n) is 7.55. The summed E-state index contributed by atoms with van der Waals surface area (Å²) in [5, 5.41) is 17.3. The summed E-state index contributed by atoms with van der Waals surface area (Å²) in [6.07, 6.45) is 5.33. The van der Waals surface area contributed by atoms with Gasteiger partial charge in [0.15, 0.2) is 5.60 Å². The number of amides is 3. The number of aryl methyl sites for hydroxylation is 2. The molecular weight excluding hydrogens is 472 g/mol. The van der Waals surface area contributed by atoms with E-state index in [-0.39, 0.29) is 17.9 Å². The summed E-state index contributed by atoms with van der Waals surface area (Å²) in [7, 11) is 0. The third kappa shape index (κ3) is 5.52. The number of aromatic amines is 1. The van der Waals surface area contributed by atoms with Crippen molar-refractivity contribution in [1.29, 1.82) is 0 Å². The number of nitrogens with zero attached hydrogens (tertiary/aromatic N) is 2. The number of hydrazone groups is 1. The minimum Gasteiger partial charge on any atom is -0.435 e. The van der Waals surface area contributed by atoms with E-state index in [0.717, 1.165) is 48.9 Å². The average molecular weight is 507 g/mol. The molecule has 1 aliphatic heterocycles. The first kappa shape index (κ1) is 25.0. The van der Waals surface area contributed by atoms with Crippen molar-refractivity contribution in [2.24, 2.45) is 11.0 Å². The molecule has 2 fully saturated rings. The summed E-state index contributed by atoms with van der Waals surface area (Å²) < 4.78 is 5.91. The zero-order chi connectivity index (χ0) is 26.2.